The first kappa shape index (κ1) is 15.1. The molecule has 0 spiro atoms. The first-order valence-corrected chi connectivity index (χ1v) is 7.32. The number of ether oxygens (including phenoxy) is 2. The minimum Gasteiger partial charge on any atom is -0.502 e. The predicted molar refractivity (Wildman–Crippen MR) is 76.2 cm³/mol. The topological polar surface area (TPSA) is 18.5 Å². The molecule has 0 aromatic carbocycles. The van der Waals surface area contributed by atoms with E-state index in [0.717, 1.165) is 25.0 Å². The van der Waals surface area contributed by atoms with E-state index >= 15 is 0 Å². The van der Waals surface area contributed by atoms with E-state index < -0.39 is 0 Å². The van der Waals surface area contributed by atoms with Crippen LogP contribution < -0.4 is 0 Å². The smallest absolute Gasteiger partial charge is 0.0875 e. The van der Waals surface area contributed by atoms with Crippen molar-refractivity contribution >= 4 is 0 Å². The molecule has 1 rings (SSSR count). The Morgan fingerprint density at radius 1 is 0.778 bits per heavy atom. The van der Waals surface area contributed by atoms with Crippen molar-refractivity contribution < 1.29 is 9.47 Å². The van der Waals surface area contributed by atoms with E-state index in [-0.39, 0.29) is 0 Å². The largest absolute Gasteiger partial charge is 0.502 e. The zero-order chi connectivity index (χ0) is 13.1. The second kappa shape index (κ2) is 10.0. The second-order valence-corrected chi connectivity index (χ2v) is 5.14. The lowest BCUT2D eigenvalue weighted by atomic mass is 9.79. The zero-order valence-corrected chi connectivity index (χ0v) is 11.9. The molecule has 1 aliphatic carbocycles. The lowest BCUT2D eigenvalue weighted by Gasteiger charge is -2.28. The fourth-order valence-corrected chi connectivity index (χ4v) is 2.61. The van der Waals surface area contributed by atoms with Crippen molar-refractivity contribution in [1.82, 2.24) is 0 Å². The summed E-state index contributed by atoms with van der Waals surface area (Å²) >= 11 is 0. The summed E-state index contributed by atoms with van der Waals surface area (Å²) in [5, 5.41) is 0. The van der Waals surface area contributed by atoms with Crippen LogP contribution in [-0.4, -0.2) is 13.2 Å². The minimum atomic E-state index is 0.878. The molecule has 1 aliphatic rings. The van der Waals surface area contributed by atoms with Gasteiger partial charge in [0.25, 0.3) is 0 Å². The molecule has 18 heavy (non-hydrogen) atoms. The van der Waals surface area contributed by atoms with Crippen molar-refractivity contribution in [3.8, 4) is 0 Å². The average molecular weight is 252 g/mol. The summed E-state index contributed by atoms with van der Waals surface area (Å²) in [4.78, 5) is 0. The maximum Gasteiger partial charge on any atom is 0.0875 e. The highest BCUT2D eigenvalue weighted by atomic mass is 16.5. The Bertz CT molecular complexity index is 211. The van der Waals surface area contributed by atoms with Crippen molar-refractivity contribution in [2.75, 3.05) is 13.2 Å². The van der Waals surface area contributed by atoms with Crippen molar-refractivity contribution in [2.24, 2.45) is 11.8 Å². The van der Waals surface area contributed by atoms with Gasteiger partial charge in [-0.1, -0.05) is 37.8 Å². The standard InChI is InChI=1S/C16H28O2/c1-3-11-17-13-9-15-5-7-16(8-6-15)10-14-18-12-4-2/h3-4,11-12,15-16H,5-10,13-14H2,1-2H3. The van der Waals surface area contributed by atoms with E-state index in [1.807, 2.05) is 26.0 Å². The fourth-order valence-electron chi connectivity index (χ4n) is 2.61. The fraction of sp³-hybridized carbons (Fsp3) is 0.750. The summed E-state index contributed by atoms with van der Waals surface area (Å²) < 4.78 is 10.8. The van der Waals surface area contributed by atoms with Gasteiger partial charge in [0, 0.05) is 0 Å². The number of rotatable bonds is 8. The molecule has 104 valence electrons. The number of allylic oxidation sites excluding steroid dienone is 2. The van der Waals surface area contributed by atoms with Gasteiger partial charge in [0.2, 0.25) is 0 Å². The van der Waals surface area contributed by atoms with Crippen LogP contribution in [0.15, 0.2) is 24.7 Å². The molecule has 0 aliphatic heterocycles. The molecule has 0 aromatic heterocycles. The highest BCUT2D eigenvalue weighted by molar-refractivity contribution is 4.74. The van der Waals surface area contributed by atoms with Crippen LogP contribution >= 0.6 is 0 Å². The molecule has 0 radical (unpaired) electrons. The predicted octanol–water partition coefficient (Wildman–Crippen LogP) is 4.67. The number of hydrogen-bond donors (Lipinski definition) is 0. The van der Waals surface area contributed by atoms with E-state index in [9.17, 15) is 0 Å². The molecule has 0 unspecified atom stereocenters. The maximum atomic E-state index is 5.40. The van der Waals surface area contributed by atoms with Crippen LogP contribution in [0.2, 0.25) is 0 Å². The molecule has 0 bridgehead atoms. The van der Waals surface area contributed by atoms with E-state index in [1.54, 1.807) is 12.5 Å². The van der Waals surface area contributed by atoms with Crippen LogP contribution in [0.4, 0.5) is 0 Å². The maximum absolute atomic E-state index is 5.40. The van der Waals surface area contributed by atoms with E-state index in [0.29, 0.717) is 0 Å². The molecule has 2 nitrogen and oxygen atoms in total. The van der Waals surface area contributed by atoms with Crippen LogP contribution in [0.3, 0.4) is 0 Å². The van der Waals surface area contributed by atoms with E-state index in [2.05, 4.69) is 0 Å². The van der Waals surface area contributed by atoms with E-state index in [1.165, 1.54) is 38.5 Å². The van der Waals surface area contributed by atoms with Gasteiger partial charge in [-0.2, -0.15) is 0 Å². The van der Waals surface area contributed by atoms with Gasteiger partial charge in [-0.05, 0) is 38.5 Å². The highest BCUT2D eigenvalue weighted by Crippen LogP contribution is 2.32. The Morgan fingerprint density at radius 3 is 1.50 bits per heavy atom. The summed E-state index contributed by atoms with van der Waals surface area (Å²) in [5.41, 5.74) is 0. The van der Waals surface area contributed by atoms with Crippen LogP contribution in [-0.2, 0) is 9.47 Å². The highest BCUT2D eigenvalue weighted by Gasteiger charge is 2.20. The van der Waals surface area contributed by atoms with Crippen molar-refractivity contribution in [2.45, 2.75) is 52.4 Å². The SMILES string of the molecule is CC=COCCC1CCC(CCOC=CC)CC1. The Hall–Kier alpha value is -0.920. The van der Waals surface area contributed by atoms with Crippen LogP contribution in [0.5, 0.6) is 0 Å². The third-order valence-corrected chi connectivity index (χ3v) is 3.72. The van der Waals surface area contributed by atoms with Crippen LogP contribution in [0.1, 0.15) is 52.4 Å². The quantitative estimate of drug-likeness (QED) is 0.461. The summed E-state index contributed by atoms with van der Waals surface area (Å²) in [6, 6.07) is 0. The lowest BCUT2D eigenvalue weighted by molar-refractivity contribution is 0.163. The van der Waals surface area contributed by atoms with Crippen molar-refractivity contribution in [1.29, 1.82) is 0 Å². The molecule has 0 saturated heterocycles. The lowest BCUT2D eigenvalue weighted by Crippen LogP contribution is -2.16. The van der Waals surface area contributed by atoms with Gasteiger partial charge in [0.05, 0.1) is 25.7 Å². The molecule has 0 atom stereocenters. The molecule has 1 fully saturated rings. The third kappa shape index (κ3) is 6.73. The van der Waals surface area contributed by atoms with Gasteiger partial charge >= 0.3 is 0 Å². The Kier molecular flexibility index (Phi) is 8.45. The Balaban J connectivity index is 2.02. The van der Waals surface area contributed by atoms with Gasteiger partial charge in [-0.25, -0.2) is 0 Å². The Labute approximate surface area is 112 Å². The molecule has 0 amide bonds. The molecule has 0 aromatic rings. The second-order valence-electron chi connectivity index (χ2n) is 5.14. The normalized spacial score (nSPS) is 24.8. The summed E-state index contributed by atoms with van der Waals surface area (Å²) in [6.07, 6.45) is 15.4. The molecular weight excluding hydrogens is 224 g/mol. The summed E-state index contributed by atoms with van der Waals surface area (Å²) in [6.45, 7) is 5.73. The average Bonchev–Trinajstić information content (AvgIpc) is 2.41. The summed E-state index contributed by atoms with van der Waals surface area (Å²) in [5.74, 6) is 1.76. The van der Waals surface area contributed by atoms with Crippen LogP contribution in [0.25, 0.3) is 0 Å². The minimum absolute atomic E-state index is 0.878. The zero-order valence-electron chi connectivity index (χ0n) is 11.9. The van der Waals surface area contributed by atoms with Gasteiger partial charge in [-0.3, -0.25) is 0 Å². The van der Waals surface area contributed by atoms with Crippen molar-refractivity contribution in [3.63, 3.8) is 0 Å². The van der Waals surface area contributed by atoms with E-state index in [4.69, 9.17) is 9.47 Å². The van der Waals surface area contributed by atoms with Gasteiger partial charge < -0.3 is 9.47 Å². The van der Waals surface area contributed by atoms with Gasteiger partial charge in [-0.15, -0.1) is 0 Å². The monoisotopic (exact) mass is 252 g/mol. The van der Waals surface area contributed by atoms with Gasteiger partial charge in [0.1, 0.15) is 0 Å². The van der Waals surface area contributed by atoms with Crippen molar-refractivity contribution in [3.05, 3.63) is 24.7 Å². The van der Waals surface area contributed by atoms with Crippen LogP contribution in [0, 0.1) is 11.8 Å². The Morgan fingerprint density at radius 2 is 1.17 bits per heavy atom. The molecule has 0 N–H and O–H groups in total. The first-order chi connectivity index (χ1) is 8.86. The number of hydrogen-bond acceptors (Lipinski definition) is 2. The molecular formula is C16H28O2. The molecule has 2 heteroatoms. The first-order valence-electron chi connectivity index (χ1n) is 7.32. The summed E-state index contributed by atoms with van der Waals surface area (Å²) in [7, 11) is 0. The van der Waals surface area contributed by atoms with Gasteiger partial charge in [0.15, 0.2) is 0 Å². The molecule has 0 heterocycles. The third-order valence-electron chi connectivity index (χ3n) is 3.72. The molecule has 1 saturated carbocycles.